The minimum atomic E-state index is -2.94. The van der Waals surface area contributed by atoms with E-state index in [0.29, 0.717) is 11.3 Å². The molecule has 3 aromatic rings. The minimum absolute atomic E-state index is 0.0253. The van der Waals surface area contributed by atoms with E-state index < -0.39 is 17.9 Å². The summed E-state index contributed by atoms with van der Waals surface area (Å²) in [5.41, 5.74) is 0.920. The maximum atomic E-state index is 14.6. The molecule has 1 fully saturated rings. The smallest absolute Gasteiger partial charge is 0.257 e. The van der Waals surface area contributed by atoms with Crippen molar-refractivity contribution in [3.05, 3.63) is 76.2 Å². The molecule has 0 radical (unpaired) electrons. The fourth-order valence-corrected chi connectivity index (χ4v) is 3.89. The Balaban J connectivity index is 1.39. The second-order valence-corrected chi connectivity index (χ2v) is 8.33. The Labute approximate surface area is 195 Å². The number of piperidine rings is 1. The van der Waals surface area contributed by atoms with Gasteiger partial charge < -0.3 is 15.0 Å². The number of para-hydroxylation sites is 1. The number of ether oxygens (including phenoxy) is 1. The van der Waals surface area contributed by atoms with Crippen LogP contribution in [0, 0.1) is 6.92 Å². The molecule has 4 rings (SSSR count). The van der Waals surface area contributed by atoms with E-state index in [0.717, 1.165) is 5.56 Å². The Morgan fingerprint density at radius 3 is 2.68 bits per heavy atom. The van der Waals surface area contributed by atoms with Gasteiger partial charge in [0.15, 0.2) is 5.82 Å². The molecule has 178 valence electrons. The number of H-pyrrole nitrogens is 1. The number of aromatic amines is 1. The van der Waals surface area contributed by atoms with Crippen molar-refractivity contribution < 1.29 is 18.3 Å². The van der Waals surface area contributed by atoms with Crippen molar-refractivity contribution in [1.29, 1.82) is 0 Å². The van der Waals surface area contributed by atoms with Crippen LogP contribution < -0.4 is 15.6 Å². The highest BCUT2D eigenvalue weighted by atomic mass is 19.3. The molecule has 1 aliphatic heterocycles. The van der Waals surface area contributed by atoms with Crippen LogP contribution >= 0.6 is 0 Å². The number of carbonyl (C=O) groups is 1. The summed E-state index contributed by atoms with van der Waals surface area (Å²) in [5.74, 6) is -3.29. The number of rotatable bonds is 6. The van der Waals surface area contributed by atoms with Crippen LogP contribution in [0.2, 0.25) is 0 Å². The summed E-state index contributed by atoms with van der Waals surface area (Å²) in [4.78, 5) is 28.2. The third-order valence-electron chi connectivity index (χ3n) is 6.00. The number of aromatic nitrogens is 3. The van der Waals surface area contributed by atoms with Crippen LogP contribution in [0.25, 0.3) is 0 Å². The van der Waals surface area contributed by atoms with Crippen LogP contribution in [0.3, 0.4) is 0 Å². The van der Waals surface area contributed by atoms with Crippen LogP contribution in [-0.2, 0) is 4.79 Å². The Bertz CT molecular complexity index is 1200. The summed E-state index contributed by atoms with van der Waals surface area (Å²) < 4.78 is 34.9. The molecule has 1 saturated heterocycles. The fourth-order valence-electron chi connectivity index (χ4n) is 3.89. The number of likely N-dealkylation sites (tertiary alicyclic amines) is 1. The number of aryl methyl sites for hydroxylation is 1. The fraction of sp³-hybridized carbons (Fsp3) is 0.333. The molecule has 0 saturated carbocycles. The average molecular weight is 469 g/mol. The zero-order valence-electron chi connectivity index (χ0n) is 18.8. The summed E-state index contributed by atoms with van der Waals surface area (Å²) in [6.45, 7) is 3.61. The minimum Gasteiger partial charge on any atom is -0.437 e. The van der Waals surface area contributed by atoms with Crippen molar-refractivity contribution in [2.45, 2.75) is 38.2 Å². The predicted molar refractivity (Wildman–Crippen MR) is 122 cm³/mol. The first-order valence-corrected chi connectivity index (χ1v) is 10.9. The van der Waals surface area contributed by atoms with E-state index >= 15 is 0 Å². The quantitative estimate of drug-likeness (QED) is 0.571. The van der Waals surface area contributed by atoms with Gasteiger partial charge in [-0.15, -0.1) is 10.2 Å². The lowest BCUT2D eigenvalue weighted by Gasteiger charge is -2.40. The first-order valence-electron chi connectivity index (χ1n) is 10.9. The molecule has 10 heteroatoms. The van der Waals surface area contributed by atoms with Crippen molar-refractivity contribution >= 4 is 11.7 Å². The number of halogens is 2. The van der Waals surface area contributed by atoms with E-state index in [1.165, 1.54) is 18.3 Å². The molecule has 1 amide bonds. The van der Waals surface area contributed by atoms with E-state index in [1.54, 1.807) is 24.0 Å². The number of carbonyl (C=O) groups excluding carboxylic acids is 1. The maximum absolute atomic E-state index is 14.6. The summed E-state index contributed by atoms with van der Waals surface area (Å²) in [7, 11) is 0. The van der Waals surface area contributed by atoms with Gasteiger partial charge in [0.1, 0.15) is 5.75 Å². The van der Waals surface area contributed by atoms with Gasteiger partial charge in [-0.3, -0.25) is 14.5 Å². The van der Waals surface area contributed by atoms with E-state index in [2.05, 4.69) is 20.5 Å². The number of benzene rings is 1. The monoisotopic (exact) mass is 469 g/mol. The predicted octanol–water partition coefficient (Wildman–Crippen LogP) is 3.72. The Hall–Kier alpha value is -3.66. The molecular weight excluding hydrogens is 444 g/mol. The molecule has 2 aromatic heterocycles. The number of nitrogens with zero attached hydrogens (tertiary/aromatic N) is 3. The summed E-state index contributed by atoms with van der Waals surface area (Å²) in [6.07, 6.45) is 0.921. The molecule has 34 heavy (non-hydrogen) atoms. The molecule has 3 heterocycles. The van der Waals surface area contributed by atoms with E-state index in [1.807, 2.05) is 31.2 Å². The molecule has 0 aliphatic carbocycles. The number of anilines is 1. The number of alkyl halides is 2. The van der Waals surface area contributed by atoms with Crippen LogP contribution in [0.15, 0.2) is 59.5 Å². The molecule has 2 atom stereocenters. The summed E-state index contributed by atoms with van der Waals surface area (Å²) >= 11 is 0. The molecule has 0 spiro atoms. The molecule has 1 aromatic carbocycles. The molecule has 2 N–H and O–H groups in total. The van der Waals surface area contributed by atoms with Gasteiger partial charge in [-0.1, -0.05) is 24.3 Å². The van der Waals surface area contributed by atoms with Gasteiger partial charge in [0.05, 0.1) is 12.0 Å². The van der Waals surface area contributed by atoms with Gasteiger partial charge >= 0.3 is 0 Å². The average Bonchev–Trinajstić information content (AvgIpc) is 2.82. The van der Waals surface area contributed by atoms with Crippen molar-refractivity contribution in [3.8, 4) is 11.6 Å². The number of pyridine rings is 1. The van der Waals surface area contributed by atoms with Crippen LogP contribution in [0.4, 0.5) is 14.6 Å². The van der Waals surface area contributed by atoms with E-state index in [4.69, 9.17) is 4.74 Å². The van der Waals surface area contributed by atoms with Crippen LogP contribution in [0.1, 0.15) is 30.4 Å². The molecule has 1 aliphatic rings. The second-order valence-electron chi connectivity index (χ2n) is 8.33. The molecule has 0 bridgehead atoms. The second kappa shape index (κ2) is 9.68. The van der Waals surface area contributed by atoms with Gasteiger partial charge in [-0.05, 0) is 37.1 Å². The molecule has 0 unspecified atom stereocenters. The van der Waals surface area contributed by atoms with Gasteiger partial charge in [-0.25, -0.2) is 8.78 Å². The lowest BCUT2D eigenvalue weighted by Crippen LogP contribution is -2.52. The molecule has 8 nitrogen and oxygen atoms in total. The maximum Gasteiger partial charge on any atom is 0.257 e. The third-order valence-corrected chi connectivity index (χ3v) is 6.00. The van der Waals surface area contributed by atoms with Crippen molar-refractivity contribution in [1.82, 2.24) is 20.1 Å². The van der Waals surface area contributed by atoms with Crippen LogP contribution in [0.5, 0.6) is 11.6 Å². The van der Waals surface area contributed by atoms with Gasteiger partial charge in [0, 0.05) is 37.8 Å². The van der Waals surface area contributed by atoms with Crippen molar-refractivity contribution in [2.75, 3.05) is 18.4 Å². The molecular formula is C24H25F2N5O3. The highest BCUT2D eigenvalue weighted by molar-refractivity contribution is 5.93. The lowest BCUT2D eigenvalue weighted by molar-refractivity contribution is -0.125. The number of hydrogen-bond acceptors (Lipinski definition) is 6. The standard InChI is InChI=1S/C24H25F2N5O3/c1-15-5-3-4-6-19(15)34-22-10-8-20(29-30-22)28-23(33)16(2)31-12-11-24(25,26)18(14-31)17-7-9-21(32)27-13-17/h3-10,13,16,18H,11-12,14H2,1-2H3,(H,27,32)(H,28,29,33)/t16-,18+/m0/s1. The largest absolute Gasteiger partial charge is 0.437 e. The van der Waals surface area contributed by atoms with E-state index in [-0.39, 0.29) is 42.7 Å². The summed E-state index contributed by atoms with van der Waals surface area (Å²) in [5, 5.41) is 10.7. The zero-order valence-corrected chi connectivity index (χ0v) is 18.8. The number of amides is 1. The van der Waals surface area contributed by atoms with E-state index in [9.17, 15) is 18.4 Å². The van der Waals surface area contributed by atoms with Crippen molar-refractivity contribution in [2.24, 2.45) is 0 Å². The van der Waals surface area contributed by atoms with Gasteiger partial charge in [0.25, 0.3) is 5.92 Å². The lowest BCUT2D eigenvalue weighted by atomic mass is 9.87. The van der Waals surface area contributed by atoms with Crippen LogP contribution in [-0.4, -0.2) is 51.0 Å². The highest BCUT2D eigenvalue weighted by Crippen LogP contribution is 2.40. The number of hydrogen-bond donors (Lipinski definition) is 2. The first-order chi connectivity index (χ1) is 16.2. The normalized spacial score (nSPS) is 18.8. The van der Waals surface area contributed by atoms with Gasteiger partial charge in [-0.2, -0.15) is 0 Å². The topological polar surface area (TPSA) is 100 Å². The Morgan fingerprint density at radius 1 is 1.21 bits per heavy atom. The van der Waals surface area contributed by atoms with Gasteiger partial charge in [0.2, 0.25) is 17.3 Å². The summed E-state index contributed by atoms with van der Waals surface area (Å²) in [6, 6.07) is 12.6. The Morgan fingerprint density at radius 2 is 2.00 bits per heavy atom. The van der Waals surface area contributed by atoms with Crippen molar-refractivity contribution in [3.63, 3.8) is 0 Å². The number of nitrogens with one attached hydrogen (secondary N) is 2. The first kappa shape index (κ1) is 23.5. The Kier molecular flexibility index (Phi) is 6.69. The third kappa shape index (κ3) is 5.28. The zero-order chi connectivity index (χ0) is 24.3. The SMILES string of the molecule is Cc1ccccc1Oc1ccc(NC(=O)[C@H](C)N2CCC(F)(F)[C@@H](c3ccc(=O)[nH]c3)C2)nn1. The highest BCUT2D eigenvalue weighted by Gasteiger charge is 2.46.